The number of amides is 1. The van der Waals surface area contributed by atoms with Crippen LogP contribution in [0.25, 0.3) is 11.3 Å². The molecule has 0 aliphatic carbocycles. The minimum absolute atomic E-state index is 0.0916. The average Bonchev–Trinajstić information content (AvgIpc) is 3.23. The van der Waals surface area contributed by atoms with Crippen LogP contribution >= 0.6 is 11.6 Å². The zero-order valence-corrected chi connectivity index (χ0v) is 17.8. The highest BCUT2D eigenvalue weighted by Crippen LogP contribution is 2.21. The first-order valence-corrected chi connectivity index (χ1v) is 10.0. The fourth-order valence-corrected chi connectivity index (χ4v) is 3.15. The third kappa shape index (κ3) is 5.59. The minimum atomic E-state index is -1.21. The van der Waals surface area contributed by atoms with E-state index in [9.17, 15) is 22.4 Å². The van der Waals surface area contributed by atoms with Gasteiger partial charge in [-0.1, -0.05) is 11.6 Å². The number of aromatic nitrogens is 2. The molecule has 0 unspecified atom stereocenters. The van der Waals surface area contributed by atoms with Gasteiger partial charge in [0.1, 0.15) is 17.5 Å². The molecule has 11 heteroatoms. The summed E-state index contributed by atoms with van der Waals surface area (Å²) >= 11 is 5.88. The lowest BCUT2D eigenvalue weighted by Gasteiger charge is -2.11. The standard InChI is InChI=1S/C23H14ClF4N5O/c24-14-8-16(26)10-17(9-14)29-23(31-22(34)13-3-6-18(27)19(28)7-13)30-21-11-20(32-33-21)12-1-4-15(25)5-2-12/h1-11H,(H3,29,30,31,32,33,34). The van der Waals surface area contributed by atoms with E-state index in [2.05, 4.69) is 25.8 Å². The molecule has 0 saturated carbocycles. The van der Waals surface area contributed by atoms with Gasteiger partial charge in [0.25, 0.3) is 5.91 Å². The number of halogens is 5. The molecular formula is C23H14ClF4N5O. The molecule has 0 bridgehead atoms. The topological polar surface area (TPSA) is 82.2 Å². The molecule has 3 aromatic carbocycles. The highest BCUT2D eigenvalue weighted by Gasteiger charge is 2.13. The van der Waals surface area contributed by atoms with Crippen molar-refractivity contribution < 1.29 is 22.4 Å². The highest BCUT2D eigenvalue weighted by atomic mass is 35.5. The van der Waals surface area contributed by atoms with Crippen LogP contribution in [0.4, 0.5) is 29.1 Å². The molecule has 4 rings (SSSR count). The normalized spacial score (nSPS) is 11.4. The zero-order chi connectivity index (χ0) is 24.2. The number of hydrogen-bond acceptors (Lipinski definition) is 2. The number of H-pyrrole nitrogens is 1. The number of benzene rings is 3. The molecule has 1 aromatic heterocycles. The molecule has 0 radical (unpaired) electrons. The quantitative estimate of drug-likeness (QED) is 0.187. The fourth-order valence-electron chi connectivity index (χ4n) is 2.93. The first kappa shape index (κ1) is 23.0. The van der Waals surface area contributed by atoms with Crippen molar-refractivity contribution in [2.24, 2.45) is 4.99 Å². The fraction of sp³-hybridized carbons (Fsp3) is 0. The Morgan fingerprint density at radius 2 is 1.62 bits per heavy atom. The highest BCUT2D eigenvalue weighted by molar-refractivity contribution is 6.31. The first-order chi connectivity index (χ1) is 16.3. The van der Waals surface area contributed by atoms with Gasteiger partial charge < -0.3 is 10.6 Å². The molecule has 1 heterocycles. The molecule has 1 amide bonds. The van der Waals surface area contributed by atoms with Crippen molar-refractivity contribution in [3.05, 3.63) is 101 Å². The van der Waals surface area contributed by atoms with E-state index in [4.69, 9.17) is 11.6 Å². The molecule has 0 saturated heterocycles. The lowest BCUT2D eigenvalue weighted by Crippen LogP contribution is -2.24. The van der Waals surface area contributed by atoms with E-state index in [1.807, 2.05) is 0 Å². The second-order valence-electron chi connectivity index (χ2n) is 6.98. The van der Waals surface area contributed by atoms with Crippen LogP contribution in [0.15, 0.2) is 71.7 Å². The molecule has 3 N–H and O–H groups in total. The van der Waals surface area contributed by atoms with Crippen LogP contribution in [-0.4, -0.2) is 22.1 Å². The number of anilines is 2. The lowest BCUT2D eigenvalue weighted by molar-refractivity contribution is 0.100. The van der Waals surface area contributed by atoms with Gasteiger partial charge in [-0.3, -0.25) is 9.89 Å². The third-order valence-corrected chi connectivity index (χ3v) is 4.69. The lowest BCUT2D eigenvalue weighted by atomic mass is 10.1. The number of carbonyl (C=O) groups excluding carboxylic acids is 1. The number of nitrogens with zero attached hydrogens (tertiary/aromatic N) is 2. The maximum absolute atomic E-state index is 13.8. The summed E-state index contributed by atoms with van der Waals surface area (Å²) in [7, 11) is 0. The Labute approximate surface area is 195 Å². The summed E-state index contributed by atoms with van der Waals surface area (Å²) in [6, 6.07) is 13.4. The summed E-state index contributed by atoms with van der Waals surface area (Å²) in [6.07, 6.45) is 0. The van der Waals surface area contributed by atoms with Crippen LogP contribution in [0.2, 0.25) is 5.02 Å². The number of aromatic amines is 1. The number of guanidine groups is 1. The number of nitrogens with one attached hydrogen (secondary N) is 3. The Bertz CT molecular complexity index is 1370. The van der Waals surface area contributed by atoms with Gasteiger partial charge >= 0.3 is 0 Å². The van der Waals surface area contributed by atoms with Gasteiger partial charge in [0, 0.05) is 27.9 Å². The summed E-state index contributed by atoms with van der Waals surface area (Å²) in [4.78, 5) is 16.4. The van der Waals surface area contributed by atoms with Crippen LogP contribution in [0, 0.1) is 23.3 Å². The summed E-state index contributed by atoms with van der Waals surface area (Å²) in [5, 5.41) is 12.4. The predicted molar refractivity (Wildman–Crippen MR) is 121 cm³/mol. The molecule has 0 aliphatic heterocycles. The van der Waals surface area contributed by atoms with E-state index in [0.29, 0.717) is 17.3 Å². The number of rotatable bonds is 4. The van der Waals surface area contributed by atoms with Gasteiger partial charge in [-0.15, -0.1) is 0 Å². The third-order valence-electron chi connectivity index (χ3n) is 4.48. The Morgan fingerprint density at radius 1 is 0.853 bits per heavy atom. The second-order valence-corrected chi connectivity index (χ2v) is 7.41. The number of aliphatic imine (C=N–C) groups is 1. The van der Waals surface area contributed by atoms with E-state index in [-0.39, 0.29) is 28.1 Å². The Hall–Kier alpha value is -4.18. The SMILES string of the molecule is O=C(/N=C(/Nc1cc(F)cc(Cl)c1)Nc1cc(-c2ccc(F)cc2)n[nH]1)c1ccc(F)c(F)c1. The second kappa shape index (κ2) is 9.75. The van der Waals surface area contributed by atoms with E-state index in [1.165, 1.54) is 30.3 Å². The minimum Gasteiger partial charge on any atom is -0.325 e. The van der Waals surface area contributed by atoms with Gasteiger partial charge in [-0.25, -0.2) is 17.6 Å². The molecular weight excluding hydrogens is 474 g/mol. The maximum Gasteiger partial charge on any atom is 0.280 e. The molecule has 0 fully saturated rings. The molecule has 0 atom stereocenters. The molecule has 34 heavy (non-hydrogen) atoms. The molecule has 0 spiro atoms. The largest absolute Gasteiger partial charge is 0.325 e. The van der Waals surface area contributed by atoms with E-state index >= 15 is 0 Å². The van der Waals surface area contributed by atoms with Gasteiger partial charge in [-0.05, 0) is 60.7 Å². The van der Waals surface area contributed by atoms with Crippen molar-refractivity contribution >= 4 is 35.0 Å². The Morgan fingerprint density at radius 3 is 2.32 bits per heavy atom. The maximum atomic E-state index is 13.8. The van der Waals surface area contributed by atoms with Crippen molar-refractivity contribution in [2.75, 3.05) is 10.6 Å². The zero-order valence-electron chi connectivity index (χ0n) is 17.0. The van der Waals surface area contributed by atoms with Crippen molar-refractivity contribution in [3.63, 3.8) is 0 Å². The van der Waals surface area contributed by atoms with Gasteiger partial charge in [0.05, 0.1) is 5.69 Å². The first-order valence-electron chi connectivity index (χ1n) is 9.66. The monoisotopic (exact) mass is 487 g/mol. The summed E-state index contributed by atoms with van der Waals surface area (Å²) in [6.45, 7) is 0. The van der Waals surface area contributed by atoms with Crippen LogP contribution in [0.5, 0.6) is 0 Å². The molecule has 0 aliphatic rings. The van der Waals surface area contributed by atoms with Gasteiger partial charge in [0.15, 0.2) is 11.6 Å². The van der Waals surface area contributed by atoms with E-state index < -0.39 is 29.2 Å². The average molecular weight is 488 g/mol. The molecule has 6 nitrogen and oxygen atoms in total. The summed E-state index contributed by atoms with van der Waals surface area (Å²) in [5.41, 5.74) is 1.02. The van der Waals surface area contributed by atoms with Crippen molar-refractivity contribution in [1.82, 2.24) is 10.2 Å². The summed E-state index contributed by atoms with van der Waals surface area (Å²) < 4.78 is 53.7. The molecule has 172 valence electrons. The molecule has 4 aromatic rings. The van der Waals surface area contributed by atoms with Gasteiger partial charge in [-0.2, -0.15) is 10.1 Å². The van der Waals surface area contributed by atoms with E-state index in [0.717, 1.165) is 24.3 Å². The van der Waals surface area contributed by atoms with Crippen molar-refractivity contribution in [1.29, 1.82) is 0 Å². The number of hydrogen-bond donors (Lipinski definition) is 3. The van der Waals surface area contributed by atoms with Crippen LogP contribution in [-0.2, 0) is 0 Å². The summed E-state index contributed by atoms with van der Waals surface area (Å²) in [5.74, 6) is -4.19. The smallest absolute Gasteiger partial charge is 0.280 e. The Kier molecular flexibility index (Phi) is 6.60. The van der Waals surface area contributed by atoms with Crippen LogP contribution < -0.4 is 10.6 Å². The van der Waals surface area contributed by atoms with Crippen LogP contribution in [0.3, 0.4) is 0 Å². The van der Waals surface area contributed by atoms with Crippen LogP contribution in [0.1, 0.15) is 10.4 Å². The predicted octanol–water partition coefficient (Wildman–Crippen LogP) is 6.01. The Balaban J connectivity index is 1.64. The van der Waals surface area contributed by atoms with Crippen molar-refractivity contribution in [2.45, 2.75) is 0 Å². The van der Waals surface area contributed by atoms with E-state index in [1.54, 1.807) is 6.07 Å². The number of carbonyl (C=O) groups is 1. The van der Waals surface area contributed by atoms with Gasteiger partial charge in [0.2, 0.25) is 5.96 Å². The van der Waals surface area contributed by atoms with Crippen molar-refractivity contribution in [3.8, 4) is 11.3 Å².